The average molecular weight is 411 g/mol. The van der Waals surface area contributed by atoms with Crippen molar-refractivity contribution in [2.45, 2.75) is 30.7 Å². The lowest BCUT2D eigenvalue weighted by atomic mass is 10.0. The molecule has 8 nitrogen and oxygen atoms in total. The number of rotatable bonds is 2. The van der Waals surface area contributed by atoms with Gasteiger partial charge in [-0.3, -0.25) is 0 Å². The van der Waals surface area contributed by atoms with E-state index in [2.05, 4.69) is 24.2 Å². The van der Waals surface area contributed by atoms with Crippen molar-refractivity contribution in [3.8, 4) is 0 Å². The molecule has 5 rings (SSSR count). The molecular formula is C20H22N6O2S. The van der Waals surface area contributed by atoms with E-state index in [1.165, 1.54) is 0 Å². The van der Waals surface area contributed by atoms with Crippen LogP contribution in [0.5, 0.6) is 0 Å². The van der Waals surface area contributed by atoms with Crippen molar-refractivity contribution in [3.05, 3.63) is 47.9 Å². The third-order valence-electron chi connectivity index (χ3n) is 5.79. The minimum atomic E-state index is -3.60. The summed E-state index contributed by atoms with van der Waals surface area (Å²) in [6.07, 6.45) is 3.39. The molecule has 9 heteroatoms. The number of aromatic amines is 1. The van der Waals surface area contributed by atoms with E-state index in [9.17, 15) is 8.42 Å². The summed E-state index contributed by atoms with van der Waals surface area (Å²) in [7, 11) is -1.66. The zero-order chi connectivity index (χ0) is 20.2. The molecule has 0 bridgehead atoms. The highest BCUT2D eigenvalue weighted by atomic mass is 32.2. The van der Waals surface area contributed by atoms with Crippen LogP contribution in [0.1, 0.15) is 24.1 Å². The number of amidine groups is 1. The van der Waals surface area contributed by atoms with Gasteiger partial charge in [-0.15, -0.1) is 4.40 Å². The lowest BCUT2D eigenvalue weighted by Crippen LogP contribution is -2.46. The summed E-state index contributed by atoms with van der Waals surface area (Å²) in [5.74, 6) is 1.47. The summed E-state index contributed by atoms with van der Waals surface area (Å²) in [6, 6.07) is 9.28. The summed E-state index contributed by atoms with van der Waals surface area (Å²) in [6.45, 7) is 3.68. The Morgan fingerprint density at radius 2 is 1.93 bits per heavy atom. The number of benzene rings is 1. The molecule has 1 saturated heterocycles. The van der Waals surface area contributed by atoms with Crippen molar-refractivity contribution in [3.63, 3.8) is 0 Å². The van der Waals surface area contributed by atoms with E-state index < -0.39 is 10.0 Å². The summed E-state index contributed by atoms with van der Waals surface area (Å²) in [5.41, 5.74) is 3.65. The molecule has 1 aromatic carbocycles. The highest BCUT2D eigenvalue weighted by molar-refractivity contribution is 7.90. The predicted molar refractivity (Wildman–Crippen MR) is 112 cm³/mol. The average Bonchev–Trinajstić information content (AvgIpc) is 3.24. The number of anilines is 1. The fraction of sp³-hybridized carbons (Fsp3) is 0.350. The van der Waals surface area contributed by atoms with E-state index in [1.807, 2.05) is 37.1 Å². The summed E-state index contributed by atoms with van der Waals surface area (Å²) >= 11 is 0. The van der Waals surface area contributed by atoms with Crippen LogP contribution in [0.2, 0.25) is 0 Å². The highest BCUT2D eigenvalue weighted by Crippen LogP contribution is 2.31. The van der Waals surface area contributed by atoms with Crippen LogP contribution < -0.4 is 4.90 Å². The van der Waals surface area contributed by atoms with Crippen LogP contribution in [0.3, 0.4) is 0 Å². The van der Waals surface area contributed by atoms with Crippen molar-refractivity contribution in [1.82, 2.24) is 19.9 Å². The number of aromatic nitrogens is 3. The Kier molecular flexibility index (Phi) is 4.09. The lowest BCUT2D eigenvalue weighted by Gasteiger charge is -2.38. The Morgan fingerprint density at radius 1 is 1.17 bits per heavy atom. The SMILES string of the molecule is Cc1cc2ncnc(N3CCC(N(C)C4=NS(=O)(=O)c5ccccc54)CC3)c2[nH]1. The van der Waals surface area contributed by atoms with Gasteiger partial charge >= 0.3 is 0 Å². The Bertz CT molecular complexity index is 1220. The number of hydrogen-bond acceptors (Lipinski definition) is 6. The quantitative estimate of drug-likeness (QED) is 0.697. The van der Waals surface area contributed by atoms with Crippen LogP contribution in [0, 0.1) is 6.92 Å². The molecule has 4 heterocycles. The second-order valence-corrected chi connectivity index (χ2v) is 9.20. The van der Waals surface area contributed by atoms with Gasteiger partial charge in [0.15, 0.2) is 11.7 Å². The molecule has 1 N–H and O–H groups in total. The van der Waals surface area contributed by atoms with Gasteiger partial charge in [-0.25, -0.2) is 9.97 Å². The molecular weight excluding hydrogens is 388 g/mol. The second kappa shape index (κ2) is 6.55. The number of nitrogens with zero attached hydrogens (tertiary/aromatic N) is 5. The molecule has 0 unspecified atom stereocenters. The number of piperidine rings is 1. The lowest BCUT2D eigenvalue weighted by molar-refractivity contribution is 0.306. The number of H-pyrrole nitrogens is 1. The predicted octanol–water partition coefficient (Wildman–Crippen LogP) is 2.32. The van der Waals surface area contributed by atoms with E-state index in [0.29, 0.717) is 16.3 Å². The molecule has 0 amide bonds. The maximum atomic E-state index is 12.4. The molecule has 0 saturated carbocycles. The van der Waals surface area contributed by atoms with Gasteiger partial charge in [-0.05, 0) is 38.0 Å². The van der Waals surface area contributed by atoms with Crippen LogP contribution in [-0.4, -0.2) is 60.3 Å². The number of fused-ring (bicyclic) bond motifs is 2. The Hall–Kier alpha value is -2.94. The normalized spacial score (nSPS) is 18.7. The van der Waals surface area contributed by atoms with Gasteiger partial charge in [0.2, 0.25) is 0 Å². The monoisotopic (exact) mass is 410 g/mol. The molecule has 0 aliphatic carbocycles. The van der Waals surface area contributed by atoms with Gasteiger partial charge in [0.1, 0.15) is 16.7 Å². The first-order valence-corrected chi connectivity index (χ1v) is 11.1. The van der Waals surface area contributed by atoms with Crippen LogP contribution in [0.25, 0.3) is 11.0 Å². The van der Waals surface area contributed by atoms with E-state index >= 15 is 0 Å². The van der Waals surface area contributed by atoms with Gasteiger partial charge in [-0.2, -0.15) is 8.42 Å². The number of aryl methyl sites for hydroxylation is 1. The maximum absolute atomic E-state index is 12.4. The van der Waals surface area contributed by atoms with Gasteiger partial charge in [0, 0.05) is 37.4 Å². The van der Waals surface area contributed by atoms with E-state index in [-0.39, 0.29) is 6.04 Å². The Labute approximate surface area is 169 Å². The minimum Gasteiger partial charge on any atom is -0.355 e. The summed E-state index contributed by atoms with van der Waals surface area (Å²) in [4.78, 5) is 16.8. The van der Waals surface area contributed by atoms with Crippen molar-refractivity contribution in [2.75, 3.05) is 25.0 Å². The maximum Gasteiger partial charge on any atom is 0.285 e. The smallest absolute Gasteiger partial charge is 0.285 e. The first kappa shape index (κ1) is 18.1. The molecule has 1 fully saturated rings. The van der Waals surface area contributed by atoms with Crippen molar-refractivity contribution in [2.24, 2.45) is 4.40 Å². The third kappa shape index (κ3) is 2.96. The standard InChI is InChI=1S/C20H22N6O2S/c1-13-11-16-18(23-13)20(22-12-21-16)26-9-7-14(8-10-26)25(2)19-15-5-3-4-6-17(15)29(27,28)24-19/h3-6,11-12,14,23H,7-10H2,1-2H3. The van der Waals surface area contributed by atoms with Gasteiger partial charge in [-0.1, -0.05) is 12.1 Å². The first-order chi connectivity index (χ1) is 13.9. The van der Waals surface area contributed by atoms with Crippen LogP contribution in [0.4, 0.5) is 5.82 Å². The number of sulfonamides is 1. The molecule has 2 aliphatic heterocycles. The van der Waals surface area contributed by atoms with E-state index in [4.69, 9.17) is 0 Å². The second-order valence-electron chi connectivity index (χ2n) is 7.63. The fourth-order valence-corrected chi connectivity index (χ4v) is 5.52. The first-order valence-electron chi connectivity index (χ1n) is 9.66. The van der Waals surface area contributed by atoms with Gasteiger partial charge in [0.05, 0.1) is 5.52 Å². The summed E-state index contributed by atoms with van der Waals surface area (Å²) < 4.78 is 28.8. The minimum absolute atomic E-state index is 0.217. The van der Waals surface area contributed by atoms with Crippen molar-refractivity contribution < 1.29 is 8.42 Å². The molecule has 0 spiro atoms. The topological polar surface area (TPSA) is 94.6 Å². The van der Waals surface area contributed by atoms with Crippen LogP contribution >= 0.6 is 0 Å². The molecule has 150 valence electrons. The molecule has 29 heavy (non-hydrogen) atoms. The molecule has 0 radical (unpaired) electrons. The molecule has 2 aromatic heterocycles. The molecule has 0 atom stereocenters. The molecule has 3 aromatic rings. The number of nitrogens with one attached hydrogen (secondary N) is 1. The van der Waals surface area contributed by atoms with Crippen LogP contribution in [-0.2, 0) is 10.0 Å². The van der Waals surface area contributed by atoms with Crippen molar-refractivity contribution in [1.29, 1.82) is 0 Å². The largest absolute Gasteiger partial charge is 0.355 e. The summed E-state index contributed by atoms with van der Waals surface area (Å²) in [5, 5.41) is 0. The van der Waals surface area contributed by atoms with E-state index in [0.717, 1.165) is 48.5 Å². The fourth-order valence-electron chi connectivity index (χ4n) is 4.28. The highest BCUT2D eigenvalue weighted by Gasteiger charge is 2.34. The molecule has 2 aliphatic rings. The third-order valence-corrected chi connectivity index (χ3v) is 7.12. The zero-order valence-corrected chi connectivity index (χ0v) is 17.1. The van der Waals surface area contributed by atoms with Crippen molar-refractivity contribution >= 4 is 32.7 Å². The van der Waals surface area contributed by atoms with Gasteiger partial charge < -0.3 is 14.8 Å². The Morgan fingerprint density at radius 3 is 2.72 bits per heavy atom. The van der Waals surface area contributed by atoms with Gasteiger partial charge in [0.25, 0.3) is 10.0 Å². The van der Waals surface area contributed by atoms with E-state index in [1.54, 1.807) is 18.5 Å². The Balaban J connectivity index is 1.36. The zero-order valence-electron chi connectivity index (χ0n) is 16.3. The van der Waals surface area contributed by atoms with Crippen LogP contribution in [0.15, 0.2) is 46.0 Å². The number of hydrogen-bond donors (Lipinski definition) is 1.